The lowest BCUT2D eigenvalue weighted by Crippen LogP contribution is -2.26. The molecule has 7 heteroatoms. The van der Waals surface area contributed by atoms with Crippen molar-refractivity contribution >= 4 is 21.6 Å². The smallest absolute Gasteiger partial charge is 0.207 e. The molecule has 0 amide bonds. The van der Waals surface area contributed by atoms with Crippen LogP contribution in [0.4, 0.5) is 8.78 Å². The van der Waals surface area contributed by atoms with Crippen molar-refractivity contribution in [3.8, 4) is 0 Å². The van der Waals surface area contributed by atoms with Crippen LogP contribution in [0.15, 0.2) is 47.4 Å². The van der Waals surface area contributed by atoms with Gasteiger partial charge in [0.25, 0.3) is 0 Å². The lowest BCUT2D eigenvalue weighted by atomic mass is 10.2. The maximum atomic E-state index is 13.1. The summed E-state index contributed by atoms with van der Waals surface area (Å²) in [6.07, 6.45) is 0. The van der Waals surface area contributed by atoms with E-state index in [9.17, 15) is 17.2 Å². The van der Waals surface area contributed by atoms with Gasteiger partial charge in [-0.15, -0.1) is 0 Å². The first-order valence-electron chi connectivity index (χ1n) is 5.97. The molecule has 0 N–H and O–H groups in total. The highest BCUT2D eigenvalue weighted by atomic mass is 35.5. The molecule has 3 nitrogen and oxygen atoms in total. The third kappa shape index (κ3) is 3.40. The molecule has 0 aromatic heterocycles. The lowest BCUT2D eigenvalue weighted by molar-refractivity contribution is 0.462. The zero-order valence-corrected chi connectivity index (χ0v) is 12.6. The second-order valence-corrected chi connectivity index (χ2v) is 6.86. The molecule has 0 saturated heterocycles. The SMILES string of the molecule is CN(Cc1ccc(F)c(F)c1)S(=O)(=O)c1ccccc1Cl. The van der Waals surface area contributed by atoms with Crippen molar-refractivity contribution in [1.82, 2.24) is 4.31 Å². The Kier molecular flexibility index (Phi) is 4.61. The molecule has 0 heterocycles. The average Bonchev–Trinajstić information content (AvgIpc) is 2.43. The maximum absolute atomic E-state index is 13.1. The van der Waals surface area contributed by atoms with Crippen LogP contribution in [0.3, 0.4) is 0 Å². The molecule has 0 unspecified atom stereocenters. The van der Waals surface area contributed by atoms with Gasteiger partial charge in [-0.1, -0.05) is 29.8 Å². The molecule has 2 rings (SSSR count). The van der Waals surface area contributed by atoms with Gasteiger partial charge in [-0.2, -0.15) is 4.31 Å². The topological polar surface area (TPSA) is 37.4 Å². The number of hydrogen-bond acceptors (Lipinski definition) is 2. The molecule has 21 heavy (non-hydrogen) atoms. The van der Waals surface area contributed by atoms with Crippen molar-refractivity contribution in [2.24, 2.45) is 0 Å². The normalized spacial score (nSPS) is 11.9. The van der Waals surface area contributed by atoms with Crippen LogP contribution in [0.25, 0.3) is 0 Å². The molecular weight excluding hydrogens is 320 g/mol. The van der Waals surface area contributed by atoms with Gasteiger partial charge < -0.3 is 0 Å². The summed E-state index contributed by atoms with van der Waals surface area (Å²) < 4.78 is 51.8. The van der Waals surface area contributed by atoms with Gasteiger partial charge in [0.15, 0.2) is 11.6 Å². The van der Waals surface area contributed by atoms with Crippen molar-refractivity contribution in [3.05, 3.63) is 64.7 Å². The second-order valence-electron chi connectivity index (χ2n) is 4.44. The molecular formula is C14H12ClF2NO2S. The van der Waals surface area contributed by atoms with Crippen LogP contribution in [0.5, 0.6) is 0 Å². The van der Waals surface area contributed by atoms with Crippen LogP contribution < -0.4 is 0 Å². The number of nitrogens with zero attached hydrogens (tertiary/aromatic N) is 1. The van der Waals surface area contributed by atoms with E-state index in [-0.39, 0.29) is 16.5 Å². The minimum Gasteiger partial charge on any atom is -0.207 e. The molecule has 0 fully saturated rings. The van der Waals surface area contributed by atoms with Crippen molar-refractivity contribution in [3.63, 3.8) is 0 Å². The van der Waals surface area contributed by atoms with E-state index in [0.29, 0.717) is 5.56 Å². The van der Waals surface area contributed by atoms with Crippen molar-refractivity contribution in [2.75, 3.05) is 7.05 Å². The molecule has 0 saturated carbocycles. The Morgan fingerprint density at radius 2 is 1.76 bits per heavy atom. The highest BCUT2D eigenvalue weighted by molar-refractivity contribution is 7.89. The van der Waals surface area contributed by atoms with E-state index in [1.54, 1.807) is 12.1 Å². The van der Waals surface area contributed by atoms with Gasteiger partial charge in [-0.3, -0.25) is 0 Å². The summed E-state index contributed by atoms with van der Waals surface area (Å²) in [5, 5.41) is 0.106. The Hall–Kier alpha value is -1.50. The van der Waals surface area contributed by atoms with Gasteiger partial charge in [0.05, 0.1) is 5.02 Å². The van der Waals surface area contributed by atoms with E-state index in [2.05, 4.69) is 0 Å². The fourth-order valence-electron chi connectivity index (χ4n) is 1.80. The van der Waals surface area contributed by atoms with E-state index in [1.165, 1.54) is 25.2 Å². The zero-order valence-electron chi connectivity index (χ0n) is 11.1. The Morgan fingerprint density at radius 1 is 1.10 bits per heavy atom. The number of hydrogen-bond donors (Lipinski definition) is 0. The summed E-state index contributed by atoms with van der Waals surface area (Å²) in [5.74, 6) is -1.99. The third-order valence-corrected chi connectivity index (χ3v) is 5.22. The number of sulfonamides is 1. The molecule has 0 aliphatic rings. The second kappa shape index (κ2) is 6.09. The molecule has 0 spiro atoms. The molecule has 0 aliphatic heterocycles. The summed E-state index contributed by atoms with van der Waals surface area (Å²) in [7, 11) is -2.46. The predicted octanol–water partition coefficient (Wildman–Crippen LogP) is 3.44. The minimum absolute atomic E-state index is 0.0308. The van der Waals surface area contributed by atoms with Gasteiger partial charge in [0, 0.05) is 13.6 Å². The fraction of sp³-hybridized carbons (Fsp3) is 0.143. The Bertz CT molecular complexity index is 765. The van der Waals surface area contributed by atoms with Gasteiger partial charge in [-0.05, 0) is 29.8 Å². The number of rotatable bonds is 4. The molecule has 0 radical (unpaired) electrons. The molecule has 0 aliphatic carbocycles. The molecule has 2 aromatic rings. The van der Waals surface area contributed by atoms with Crippen LogP contribution in [0.2, 0.25) is 5.02 Å². The van der Waals surface area contributed by atoms with E-state index in [4.69, 9.17) is 11.6 Å². The highest BCUT2D eigenvalue weighted by Gasteiger charge is 2.23. The van der Waals surface area contributed by atoms with Crippen LogP contribution in [-0.2, 0) is 16.6 Å². The van der Waals surface area contributed by atoms with Crippen LogP contribution in [0, 0.1) is 11.6 Å². The van der Waals surface area contributed by atoms with Gasteiger partial charge in [0.1, 0.15) is 4.90 Å². The Morgan fingerprint density at radius 3 is 2.38 bits per heavy atom. The first kappa shape index (κ1) is 15.9. The van der Waals surface area contributed by atoms with Gasteiger partial charge >= 0.3 is 0 Å². The lowest BCUT2D eigenvalue weighted by Gasteiger charge is -2.18. The van der Waals surface area contributed by atoms with Gasteiger partial charge in [0.2, 0.25) is 10.0 Å². The highest BCUT2D eigenvalue weighted by Crippen LogP contribution is 2.24. The van der Waals surface area contributed by atoms with Crippen molar-refractivity contribution in [2.45, 2.75) is 11.4 Å². The minimum atomic E-state index is -3.81. The van der Waals surface area contributed by atoms with Crippen LogP contribution in [0.1, 0.15) is 5.56 Å². The molecule has 2 aromatic carbocycles. The quantitative estimate of drug-likeness (QED) is 0.860. The van der Waals surface area contributed by atoms with Crippen molar-refractivity contribution < 1.29 is 17.2 Å². The first-order valence-corrected chi connectivity index (χ1v) is 7.79. The Labute approximate surface area is 126 Å². The first-order chi connectivity index (χ1) is 9.82. The summed E-state index contributed by atoms with van der Waals surface area (Å²) in [6, 6.07) is 9.30. The summed E-state index contributed by atoms with van der Waals surface area (Å²) >= 11 is 5.89. The maximum Gasteiger partial charge on any atom is 0.244 e. The van der Waals surface area contributed by atoms with E-state index in [1.807, 2.05) is 0 Å². The molecule has 112 valence electrons. The standard InChI is InChI=1S/C14H12ClF2NO2S/c1-18(9-10-6-7-12(16)13(17)8-10)21(19,20)14-5-3-2-4-11(14)15/h2-8H,9H2,1H3. The van der Waals surface area contributed by atoms with Crippen molar-refractivity contribution in [1.29, 1.82) is 0 Å². The number of halogens is 3. The van der Waals surface area contributed by atoms with Crippen LogP contribution >= 0.6 is 11.6 Å². The predicted molar refractivity (Wildman–Crippen MR) is 76.5 cm³/mol. The van der Waals surface area contributed by atoms with E-state index in [0.717, 1.165) is 16.4 Å². The largest absolute Gasteiger partial charge is 0.244 e. The average molecular weight is 332 g/mol. The monoisotopic (exact) mass is 331 g/mol. The number of benzene rings is 2. The van der Waals surface area contributed by atoms with Crippen LogP contribution in [-0.4, -0.2) is 19.8 Å². The van der Waals surface area contributed by atoms with Gasteiger partial charge in [-0.25, -0.2) is 17.2 Å². The summed E-state index contributed by atoms with van der Waals surface area (Å²) in [6.45, 7) is -0.0925. The third-order valence-electron chi connectivity index (χ3n) is 2.91. The zero-order chi connectivity index (χ0) is 15.6. The molecule has 0 atom stereocenters. The summed E-state index contributed by atoms with van der Waals surface area (Å²) in [5.41, 5.74) is 0.340. The van der Waals surface area contributed by atoms with E-state index < -0.39 is 21.7 Å². The Balaban J connectivity index is 2.29. The fourth-order valence-corrected chi connectivity index (χ4v) is 3.45. The molecule has 0 bridgehead atoms. The van der Waals surface area contributed by atoms with E-state index >= 15 is 0 Å². The summed E-state index contributed by atoms with van der Waals surface area (Å²) in [4.78, 5) is -0.0308.